The lowest BCUT2D eigenvalue weighted by Gasteiger charge is -2.17. The lowest BCUT2D eigenvalue weighted by molar-refractivity contribution is 0.325. The van der Waals surface area contributed by atoms with Crippen LogP contribution in [0.5, 0.6) is 17.2 Å². The highest BCUT2D eigenvalue weighted by Crippen LogP contribution is 2.44. The maximum absolute atomic E-state index is 6.18. The number of hydrogen-bond donors (Lipinski definition) is 1. The van der Waals surface area contributed by atoms with Gasteiger partial charge in [0, 0.05) is 0 Å². The lowest BCUT2D eigenvalue weighted by atomic mass is 10.2. The summed E-state index contributed by atoms with van der Waals surface area (Å²) in [5.41, 5.74) is 1.37. The summed E-state index contributed by atoms with van der Waals surface area (Å²) in [4.78, 5) is 0. The molecular formula is C15H15Cl2NO3. The fraction of sp³-hybridized carbons (Fsp3) is 0.200. The minimum absolute atomic E-state index is 0.441. The number of nitrogens with one attached hydrogen (secondary N) is 1. The molecule has 0 heterocycles. The third kappa shape index (κ3) is 3.12. The molecule has 0 bridgehead atoms. The van der Waals surface area contributed by atoms with Gasteiger partial charge in [0.05, 0.1) is 42.7 Å². The van der Waals surface area contributed by atoms with Crippen molar-refractivity contribution in [3.63, 3.8) is 0 Å². The van der Waals surface area contributed by atoms with E-state index in [9.17, 15) is 0 Å². The van der Waals surface area contributed by atoms with Crippen LogP contribution in [0.2, 0.25) is 10.0 Å². The maximum atomic E-state index is 6.18. The molecule has 0 saturated heterocycles. The molecule has 0 aliphatic carbocycles. The van der Waals surface area contributed by atoms with E-state index in [0.717, 1.165) is 0 Å². The van der Waals surface area contributed by atoms with Crippen LogP contribution in [0.4, 0.5) is 11.4 Å². The average molecular weight is 328 g/mol. The van der Waals surface area contributed by atoms with E-state index in [1.54, 1.807) is 33.5 Å². The van der Waals surface area contributed by atoms with Crippen molar-refractivity contribution < 1.29 is 14.2 Å². The standard InChI is InChI=1S/C15H15Cl2NO3/c1-19-12-8-7-11(14(20-2)15(12)21-3)18-10-6-4-5-9(16)13(10)17/h4-8,18H,1-3H3. The van der Waals surface area contributed by atoms with Gasteiger partial charge in [-0.05, 0) is 24.3 Å². The highest BCUT2D eigenvalue weighted by atomic mass is 35.5. The largest absolute Gasteiger partial charge is 0.493 e. The van der Waals surface area contributed by atoms with Gasteiger partial charge < -0.3 is 19.5 Å². The Hall–Kier alpha value is -1.78. The number of ether oxygens (including phenoxy) is 3. The highest BCUT2D eigenvalue weighted by Gasteiger charge is 2.16. The number of benzene rings is 2. The minimum Gasteiger partial charge on any atom is -0.493 e. The second-order valence-electron chi connectivity index (χ2n) is 4.11. The van der Waals surface area contributed by atoms with Gasteiger partial charge in [-0.1, -0.05) is 29.3 Å². The molecule has 0 spiro atoms. The van der Waals surface area contributed by atoms with Crippen LogP contribution in [-0.4, -0.2) is 21.3 Å². The Morgan fingerprint density at radius 2 is 1.52 bits per heavy atom. The predicted molar refractivity (Wildman–Crippen MR) is 85.8 cm³/mol. The third-order valence-electron chi connectivity index (χ3n) is 2.93. The first-order chi connectivity index (χ1) is 10.1. The maximum Gasteiger partial charge on any atom is 0.205 e. The fourth-order valence-corrected chi connectivity index (χ4v) is 2.29. The molecule has 0 amide bonds. The molecule has 0 aliphatic heterocycles. The first kappa shape index (κ1) is 15.6. The smallest absolute Gasteiger partial charge is 0.205 e. The monoisotopic (exact) mass is 327 g/mol. The van der Waals surface area contributed by atoms with Gasteiger partial charge in [-0.2, -0.15) is 0 Å². The fourth-order valence-electron chi connectivity index (χ4n) is 1.95. The Labute approximate surface area is 133 Å². The summed E-state index contributed by atoms with van der Waals surface area (Å²) in [5, 5.41) is 4.10. The van der Waals surface area contributed by atoms with Crippen molar-refractivity contribution in [2.45, 2.75) is 0 Å². The van der Waals surface area contributed by atoms with Gasteiger partial charge in [-0.15, -0.1) is 0 Å². The van der Waals surface area contributed by atoms with E-state index in [-0.39, 0.29) is 0 Å². The number of anilines is 2. The molecule has 2 aromatic rings. The van der Waals surface area contributed by atoms with Crippen LogP contribution in [0, 0.1) is 0 Å². The van der Waals surface area contributed by atoms with E-state index in [0.29, 0.717) is 38.7 Å². The van der Waals surface area contributed by atoms with Crippen LogP contribution in [0.15, 0.2) is 30.3 Å². The van der Waals surface area contributed by atoms with E-state index in [1.165, 1.54) is 0 Å². The summed E-state index contributed by atoms with van der Waals surface area (Å²) >= 11 is 12.2. The average Bonchev–Trinajstić information content (AvgIpc) is 2.51. The number of rotatable bonds is 5. The van der Waals surface area contributed by atoms with Crippen molar-refractivity contribution in [2.24, 2.45) is 0 Å². The molecule has 21 heavy (non-hydrogen) atoms. The van der Waals surface area contributed by atoms with Crippen molar-refractivity contribution >= 4 is 34.6 Å². The van der Waals surface area contributed by atoms with Crippen LogP contribution in [0.3, 0.4) is 0 Å². The van der Waals surface area contributed by atoms with Gasteiger partial charge in [0.1, 0.15) is 0 Å². The first-order valence-electron chi connectivity index (χ1n) is 6.12. The van der Waals surface area contributed by atoms with Crippen LogP contribution < -0.4 is 19.5 Å². The Bertz CT molecular complexity index is 647. The Kier molecular flexibility index (Phi) is 5.04. The van der Waals surface area contributed by atoms with Crippen LogP contribution in [-0.2, 0) is 0 Å². The normalized spacial score (nSPS) is 10.1. The van der Waals surface area contributed by atoms with Crippen LogP contribution in [0.25, 0.3) is 0 Å². The predicted octanol–water partition coefficient (Wildman–Crippen LogP) is 4.76. The Morgan fingerprint density at radius 3 is 2.14 bits per heavy atom. The van der Waals surface area contributed by atoms with E-state index in [4.69, 9.17) is 37.4 Å². The molecule has 0 aliphatic rings. The molecular weight excluding hydrogens is 313 g/mol. The van der Waals surface area contributed by atoms with Gasteiger partial charge in [0.2, 0.25) is 5.75 Å². The SMILES string of the molecule is COc1ccc(Nc2cccc(Cl)c2Cl)c(OC)c1OC. The lowest BCUT2D eigenvalue weighted by Crippen LogP contribution is -2.00. The molecule has 112 valence electrons. The summed E-state index contributed by atoms with van der Waals surface area (Å²) in [6.07, 6.45) is 0. The molecule has 1 N–H and O–H groups in total. The molecule has 2 rings (SSSR count). The zero-order chi connectivity index (χ0) is 15.4. The van der Waals surface area contributed by atoms with E-state index in [1.807, 2.05) is 18.2 Å². The second-order valence-corrected chi connectivity index (χ2v) is 4.89. The molecule has 0 fully saturated rings. The molecule has 0 saturated carbocycles. The number of methoxy groups -OCH3 is 3. The second kappa shape index (κ2) is 6.78. The van der Waals surface area contributed by atoms with Crippen molar-refractivity contribution in [3.8, 4) is 17.2 Å². The molecule has 0 atom stereocenters. The van der Waals surface area contributed by atoms with E-state index in [2.05, 4.69) is 5.32 Å². The van der Waals surface area contributed by atoms with Gasteiger partial charge in [0.25, 0.3) is 0 Å². The van der Waals surface area contributed by atoms with E-state index >= 15 is 0 Å². The van der Waals surface area contributed by atoms with Gasteiger partial charge in [0.15, 0.2) is 11.5 Å². The molecule has 0 unspecified atom stereocenters. The zero-order valence-corrected chi connectivity index (χ0v) is 13.4. The number of hydrogen-bond acceptors (Lipinski definition) is 4. The van der Waals surface area contributed by atoms with E-state index < -0.39 is 0 Å². The first-order valence-corrected chi connectivity index (χ1v) is 6.88. The Balaban J connectivity index is 2.47. The van der Waals surface area contributed by atoms with Crippen molar-refractivity contribution in [1.82, 2.24) is 0 Å². The van der Waals surface area contributed by atoms with Crippen LogP contribution in [0.1, 0.15) is 0 Å². The highest BCUT2D eigenvalue weighted by molar-refractivity contribution is 6.43. The molecule has 4 nitrogen and oxygen atoms in total. The molecule has 6 heteroatoms. The van der Waals surface area contributed by atoms with Gasteiger partial charge >= 0.3 is 0 Å². The van der Waals surface area contributed by atoms with Gasteiger partial charge in [-0.3, -0.25) is 0 Å². The van der Waals surface area contributed by atoms with Crippen LogP contribution >= 0.6 is 23.2 Å². The summed E-state index contributed by atoms with van der Waals surface area (Å²) in [6, 6.07) is 8.95. The van der Waals surface area contributed by atoms with Crippen molar-refractivity contribution in [1.29, 1.82) is 0 Å². The quantitative estimate of drug-likeness (QED) is 0.859. The number of halogens is 2. The molecule has 0 aromatic heterocycles. The summed E-state index contributed by atoms with van der Waals surface area (Å²) in [7, 11) is 4.68. The summed E-state index contributed by atoms with van der Waals surface area (Å²) < 4.78 is 16.0. The zero-order valence-electron chi connectivity index (χ0n) is 11.9. The summed E-state index contributed by atoms with van der Waals surface area (Å²) in [5.74, 6) is 1.60. The third-order valence-corrected chi connectivity index (χ3v) is 3.74. The van der Waals surface area contributed by atoms with Crippen molar-refractivity contribution in [3.05, 3.63) is 40.4 Å². The Morgan fingerprint density at radius 1 is 0.810 bits per heavy atom. The minimum atomic E-state index is 0.441. The van der Waals surface area contributed by atoms with Crippen molar-refractivity contribution in [2.75, 3.05) is 26.6 Å². The van der Waals surface area contributed by atoms with Gasteiger partial charge in [-0.25, -0.2) is 0 Å². The molecule has 0 radical (unpaired) electrons. The topological polar surface area (TPSA) is 39.7 Å². The summed E-state index contributed by atoms with van der Waals surface area (Å²) in [6.45, 7) is 0. The molecule has 2 aromatic carbocycles.